The number of dihydropyridines is 1. The van der Waals surface area contributed by atoms with Crippen molar-refractivity contribution in [2.75, 3.05) is 13.4 Å². The van der Waals surface area contributed by atoms with Gasteiger partial charge in [-0.15, -0.1) is 0 Å². The lowest BCUT2D eigenvalue weighted by atomic mass is 9.75. The highest BCUT2D eigenvalue weighted by Crippen LogP contribution is 2.44. The molecule has 3 aromatic rings. The maximum absolute atomic E-state index is 13.5. The molecule has 1 atom stereocenters. The number of esters is 1. The number of allylic oxidation sites excluding steroid dienone is 3. The van der Waals surface area contributed by atoms with E-state index in [4.69, 9.17) is 14.2 Å². The van der Waals surface area contributed by atoms with Crippen LogP contribution in [0, 0.1) is 0 Å². The van der Waals surface area contributed by atoms with Gasteiger partial charge in [0.25, 0.3) is 0 Å². The minimum atomic E-state index is -0.479. The van der Waals surface area contributed by atoms with E-state index in [1.165, 1.54) is 0 Å². The second-order valence-electron chi connectivity index (χ2n) is 9.94. The maximum Gasteiger partial charge on any atom is 0.336 e. The van der Waals surface area contributed by atoms with Crippen LogP contribution in [0.25, 0.3) is 11.1 Å². The Morgan fingerprint density at radius 3 is 2.54 bits per heavy atom. The van der Waals surface area contributed by atoms with Gasteiger partial charge in [-0.05, 0) is 54.2 Å². The summed E-state index contributed by atoms with van der Waals surface area (Å²) in [6, 6.07) is 21.8. The van der Waals surface area contributed by atoms with Gasteiger partial charge >= 0.3 is 5.97 Å². The Morgan fingerprint density at radius 1 is 1.03 bits per heavy atom. The molecular formula is C32H28BrNO5. The molecule has 0 amide bonds. The minimum absolute atomic E-state index is 0.0819. The fourth-order valence-corrected chi connectivity index (χ4v) is 6.12. The topological polar surface area (TPSA) is 73.9 Å². The van der Waals surface area contributed by atoms with E-state index in [1.54, 1.807) is 0 Å². The summed E-state index contributed by atoms with van der Waals surface area (Å²) in [6.07, 6.45) is 2.70. The Labute approximate surface area is 235 Å². The van der Waals surface area contributed by atoms with Gasteiger partial charge in [-0.25, -0.2) is 4.79 Å². The van der Waals surface area contributed by atoms with Crippen molar-refractivity contribution in [1.29, 1.82) is 0 Å². The van der Waals surface area contributed by atoms with Crippen LogP contribution in [-0.4, -0.2) is 25.2 Å². The van der Waals surface area contributed by atoms with E-state index >= 15 is 0 Å². The van der Waals surface area contributed by atoms with Gasteiger partial charge in [-0.3, -0.25) is 4.79 Å². The van der Waals surface area contributed by atoms with Crippen molar-refractivity contribution in [1.82, 2.24) is 5.32 Å². The molecule has 2 aliphatic heterocycles. The Bertz CT molecular complexity index is 1510. The number of benzene rings is 3. The highest BCUT2D eigenvalue weighted by atomic mass is 79.9. The molecule has 3 aromatic carbocycles. The summed E-state index contributed by atoms with van der Waals surface area (Å²) >= 11 is 3.65. The Balaban J connectivity index is 1.31. The fraction of sp³-hybridized carbons (Fsp3) is 0.250. The summed E-state index contributed by atoms with van der Waals surface area (Å²) in [7, 11) is 0. The summed E-state index contributed by atoms with van der Waals surface area (Å²) in [4.78, 5) is 26.7. The molecule has 0 bridgehead atoms. The maximum atomic E-state index is 13.5. The van der Waals surface area contributed by atoms with E-state index in [0.717, 1.165) is 51.0 Å². The summed E-state index contributed by atoms with van der Waals surface area (Å²) in [5.41, 5.74) is 6.76. The summed E-state index contributed by atoms with van der Waals surface area (Å²) in [5.74, 6) is 0.625. The number of rotatable bonds is 6. The molecule has 0 aromatic heterocycles. The third-order valence-corrected chi connectivity index (χ3v) is 8.14. The number of halogens is 1. The minimum Gasteiger partial charge on any atom is -0.462 e. The zero-order valence-electron chi connectivity index (χ0n) is 21.6. The molecule has 7 heteroatoms. The molecule has 0 saturated heterocycles. The fourth-order valence-electron chi connectivity index (χ4n) is 5.56. The van der Waals surface area contributed by atoms with Gasteiger partial charge in [0.15, 0.2) is 17.3 Å². The van der Waals surface area contributed by atoms with Crippen molar-refractivity contribution in [2.24, 2.45) is 0 Å². The average molecular weight is 586 g/mol. The van der Waals surface area contributed by atoms with Crippen molar-refractivity contribution < 1.29 is 23.8 Å². The molecule has 6 nitrogen and oxygen atoms in total. The van der Waals surface area contributed by atoms with Crippen LogP contribution in [0.5, 0.6) is 11.5 Å². The van der Waals surface area contributed by atoms with E-state index in [-0.39, 0.29) is 19.2 Å². The first-order valence-electron chi connectivity index (χ1n) is 13.1. The predicted molar refractivity (Wildman–Crippen MR) is 151 cm³/mol. The van der Waals surface area contributed by atoms with Crippen LogP contribution in [-0.2, 0) is 20.7 Å². The molecule has 3 aliphatic rings. The summed E-state index contributed by atoms with van der Waals surface area (Å²) in [6.45, 7) is 2.37. The molecule has 198 valence electrons. The summed E-state index contributed by atoms with van der Waals surface area (Å²) < 4.78 is 17.7. The van der Waals surface area contributed by atoms with Gasteiger partial charge in [0.05, 0.1) is 12.2 Å². The van der Waals surface area contributed by atoms with Crippen LogP contribution in [0.1, 0.15) is 43.2 Å². The number of carbonyl (C=O) groups excluding carboxylic acids is 2. The van der Waals surface area contributed by atoms with Crippen molar-refractivity contribution in [3.8, 4) is 22.6 Å². The van der Waals surface area contributed by atoms with Crippen LogP contribution >= 0.6 is 15.9 Å². The first kappa shape index (κ1) is 25.4. The van der Waals surface area contributed by atoms with Crippen LogP contribution in [0.2, 0.25) is 0 Å². The number of ether oxygens (including phenoxy) is 3. The van der Waals surface area contributed by atoms with E-state index in [2.05, 4.69) is 21.2 Å². The molecule has 1 aliphatic carbocycles. The smallest absolute Gasteiger partial charge is 0.336 e. The molecule has 1 unspecified atom stereocenters. The second kappa shape index (κ2) is 10.7. The second-order valence-corrected chi connectivity index (χ2v) is 10.8. The lowest BCUT2D eigenvalue weighted by molar-refractivity contribution is -0.139. The molecule has 0 saturated carbocycles. The standard InChI is InChI=1S/C32H28BrNO5/c1-19-29(32(36)37-15-14-20-6-3-2-4-7-20)30(31-25(34-19)8-5-9-26(31)35)22-12-10-21(11-13-22)23-16-27-28(17-24(23)33)39-18-38-27/h2-4,6-7,10-13,16-17,30,34H,5,8-9,14-15,18H2,1H3. The van der Waals surface area contributed by atoms with Crippen LogP contribution in [0.15, 0.2) is 93.7 Å². The normalized spacial score (nSPS) is 18.1. The van der Waals surface area contributed by atoms with E-state index in [1.807, 2.05) is 73.7 Å². The summed E-state index contributed by atoms with van der Waals surface area (Å²) in [5, 5.41) is 3.36. The van der Waals surface area contributed by atoms with Crippen LogP contribution in [0.3, 0.4) is 0 Å². The molecule has 2 heterocycles. The number of fused-ring (bicyclic) bond motifs is 1. The third kappa shape index (κ3) is 4.99. The van der Waals surface area contributed by atoms with Crippen LogP contribution < -0.4 is 14.8 Å². The van der Waals surface area contributed by atoms with Gasteiger partial charge in [0.1, 0.15) is 0 Å². The van der Waals surface area contributed by atoms with E-state index in [0.29, 0.717) is 35.5 Å². The first-order chi connectivity index (χ1) is 19.0. The third-order valence-electron chi connectivity index (χ3n) is 7.48. The highest BCUT2D eigenvalue weighted by Gasteiger charge is 2.39. The van der Waals surface area contributed by atoms with Crippen molar-refractivity contribution in [3.05, 3.63) is 105 Å². The molecule has 39 heavy (non-hydrogen) atoms. The molecule has 0 fully saturated rings. The van der Waals surface area contributed by atoms with Gasteiger partial charge in [-0.2, -0.15) is 0 Å². The Hall–Kier alpha value is -3.84. The lowest BCUT2D eigenvalue weighted by Crippen LogP contribution is -2.34. The zero-order chi connectivity index (χ0) is 26.9. The largest absolute Gasteiger partial charge is 0.462 e. The number of carbonyl (C=O) groups is 2. The van der Waals surface area contributed by atoms with Crippen molar-refractivity contribution >= 4 is 27.7 Å². The molecule has 6 rings (SSSR count). The van der Waals surface area contributed by atoms with Crippen LogP contribution in [0.4, 0.5) is 0 Å². The van der Waals surface area contributed by atoms with Gasteiger partial charge in [0.2, 0.25) is 6.79 Å². The molecule has 0 spiro atoms. The number of hydrogen-bond donors (Lipinski definition) is 1. The predicted octanol–water partition coefficient (Wildman–Crippen LogP) is 6.60. The molecule has 0 radical (unpaired) electrons. The van der Waals surface area contributed by atoms with E-state index < -0.39 is 11.9 Å². The SMILES string of the molecule is CC1=C(C(=O)OCCc2ccccc2)C(c2ccc(-c3cc4c(cc3Br)OCO4)cc2)C2=C(CCCC2=O)N1. The zero-order valence-corrected chi connectivity index (χ0v) is 23.2. The molecular weight excluding hydrogens is 558 g/mol. The van der Waals surface area contributed by atoms with Gasteiger partial charge in [0, 0.05) is 40.2 Å². The van der Waals surface area contributed by atoms with Crippen molar-refractivity contribution in [2.45, 2.75) is 38.5 Å². The molecule has 1 N–H and O–H groups in total. The quantitative estimate of drug-likeness (QED) is 0.329. The number of nitrogens with one attached hydrogen (secondary N) is 1. The van der Waals surface area contributed by atoms with E-state index in [9.17, 15) is 9.59 Å². The highest BCUT2D eigenvalue weighted by molar-refractivity contribution is 9.10. The number of ketones is 1. The Morgan fingerprint density at radius 2 is 1.77 bits per heavy atom. The van der Waals surface area contributed by atoms with Crippen molar-refractivity contribution in [3.63, 3.8) is 0 Å². The van der Waals surface area contributed by atoms with Gasteiger partial charge < -0.3 is 19.5 Å². The average Bonchev–Trinajstić information content (AvgIpc) is 3.40. The first-order valence-corrected chi connectivity index (χ1v) is 13.9. The monoisotopic (exact) mass is 585 g/mol. The Kier molecular flexibility index (Phi) is 7.00. The number of hydrogen-bond acceptors (Lipinski definition) is 6. The number of Topliss-reactive ketones (excluding diaryl/α,β-unsaturated/α-hetero) is 1. The lowest BCUT2D eigenvalue weighted by Gasteiger charge is -2.34. The van der Waals surface area contributed by atoms with Gasteiger partial charge in [-0.1, -0.05) is 70.5 Å².